The van der Waals surface area contributed by atoms with Gasteiger partial charge in [0.05, 0.1) is 0 Å². The molecule has 0 amide bonds. The number of benzene rings is 1. The molecular weight excluding hydrogens is 270 g/mol. The van der Waals surface area contributed by atoms with E-state index in [0.29, 0.717) is 18.0 Å². The molecule has 1 aromatic heterocycles. The third-order valence-electron chi connectivity index (χ3n) is 3.95. The molecule has 1 fully saturated rings. The number of hydrogen-bond donors (Lipinski definition) is 2. The minimum Gasteiger partial charge on any atom is -0.475 e. The van der Waals surface area contributed by atoms with Gasteiger partial charge in [-0.15, -0.1) is 0 Å². The fraction of sp³-hybridized carbons (Fsp3) is 0.438. The van der Waals surface area contributed by atoms with Crippen LogP contribution in [-0.4, -0.2) is 30.8 Å². The number of fused-ring (bicyclic) bond motifs is 1. The van der Waals surface area contributed by atoms with Crippen molar-refractivity contribution in [3.05, 3.63) is 35.6 Å². The van der Waals surface area contributed by atoms with Gasteiger partial charge in [0.25, 0.3) is 0 Å². The van der Waals surface area contributed by atoms with Crippen molar-refractivity contribution in [1.82, 2.24) is 5.32 Å². The van der Waals surface area contributed by atoms with Gasteiger partial charge in [0.2, 0.25) is 5.76 Å². The summed E-state index contributed by atoms with van der Waals surface area (Å²) in [5.74, 6) is -0.363. The lowest BCUT2D eigenvalue weighted by Crippen LogP contribution is -2.19. The van der Waals surface area contributed by atoms with E-state index in [9.17, 15) is 9.90 Å². The fourth-order valence-electron chi connectivity index (χ4n) is 2.78. The van der Waals surface area contributed by atoms with Crippen molar-refractivity contribution < 1.29 is 19.1 Å². The standard InChI is InChI=1S/C16H19NO4/c18-16(19)15-13(12-3-1-2-4-14(12)21-15)9-17-7-5-11-6-8-20-10-11/h1-4,11,17H,5-10H2,(H,18,19). The monoisotopic (exact) mass is 289 g/mol. The summed E-state index contributed by atoms with van der Waals surface area (Å²) in [4.78, 5) is 11.3. The van der Waals surface area contributed by atoms with Gasteiger partial charge >= 0.3 is 5.97 Å². The molecule has 2 N–H and O–H groups in total. The van der Waals surface area contributed by atoms with Gasteiger partial charge in [0.1, 0.15) is 5.58 Å². The Morgan fingerprint density at radius 1 is 1.38 bits per heavy atom. The highest BCUT2D eigenvalue weighted by Gasteiger charge is 2.19. The second-order valence-corrected chi connectivity index (χ2v) is 5.41. The Bertz CT molecular complexity index is 628. The van der Waals surface area contributed by atoms with Crippen LogP contribution in [-0.2, 0) is 11.3 Å². The SMILES string of the molecule is O=C(O)c1oc2ccccc2c1CNCCC1CCOC1. The van der Waals surface area contributed by atoms with E-state index >= 15 is 0 Å². The first-order valence-electron chi connectivity index (χ1n) is 7.28. The molecular formula is C16H19NO4. The topological polar surface area (TPSA) is 71.7 Å². The quantitative estimate of drug-likeness (QED) is 0.800. The number of para-hydroxylation sites is 1. The Labute approximate surface area is 122 Å². The molecule has 21 heavy (non-hydrogen) atoms. The average molecular weight is 289 g/mol. The van der Waals surface area contributed by atoms with Gasteiger partial charge in [0, 0.05) is 30.7 Å². The molecule has 2 aromatic rings. The third-order valence-corrected chi connectivity index (χ3v) is 3.95. The van der Waals surface area contributed by atoms with Crippen molar-refractivity contribution in [2.45, 2.75) is 19.4 Å². The third kappa shape index (κ3) is 3.09. The largest absolute Gasteiger partial charge is 0.475 e. The van der Waals surface area contributed by atoms with E-state index < -0.39 is 5.97 Å². The molecule has 1 atom stereocenters. The Balaban J connectivity index is 1.67. The Hall–Kier alpha value is -1.85. The van der Waals surface area contributed by atoms with Gasteiger partial charge in [-0.2, -0.15) is 0 Å². The Morgan fingerprint density at radius 2 is 2.24 bits per heavy atom. The van der Waals surface area contributed by atoms with Crippen molar-refractivity contribution in [2.75, 3.05) is 19.8 Å². The molecule has 3 rings (SSSR count). The Morgan fingerprint density at radius 3 is 3.00 bits per heavy atom. The van der Waals surface area contributed by atoms with Crippen LogP contribution in [0.4, 0.5) is 0 Å². The first-order chi connectivity index (χ1) is 10.3. The number of ether oxygens (including phenoxy) is 1. The highest BCUT2D eigenvalue weighted by molar-refractivity contribution is 5.95. The molecule has 0 spiro atoms. The van der Waals surface area contributed by atoms with Crippen LogP contribution in [0.5, 0.6) is 0 Å². The van der Waals surface area contributed by atoms with Crippen LogP contribution < -0.4 is 5.32 Å². The zero-order chi connectivity index (χ0) is 14.7. The molecule has 2 heterocycles. The molecule has 5 nitrogen and oxygen atoms in total. The van der Waals surface area contributed by atoms with Crippen molar-refractivity contribution >= 4 is 16.9 Å². The number of carboxylic acid groups (broad SMARTS) is 1. The first-order valence-corrected chi connectivity index (χ1v) is 7.28. The number of rotatable bonds is 6. The minimum atomic E-state index is -1.02. The second-order valence-electron chi connectivity index (χ2n) is 5.41. The summed E-state index contributed by atoms with van der Waals surface area (Å²) in [5, 5.41) is 13.4. The molecule has 0 radical (unpaired) electrons. The summed E-state index contributed by atoms with van der Waals surface area (Å²) in [7, 11) is 0. The molecule has 112 valence electrons. The molecule has 1 unspecified atom stereocenters. The van der Waals surface area contributed by atoms with E-state index in [1.165, 1.54) is 0 Å². The van der Waals surface area contributed by atoms with Gasteiger partial charge < -0.3 is 19.6 Å². The fourth-order valence-corrected chi connectivity index (χ4v) is 2.78. The molecule has 0 bridgehead atoms. The maximum Gasteiger partial charge on any atom is 0.372 e. The van der Waals surface area contributed by atoms with Crippen molar-refractivity contribution in [1.29, 1.82) is 0 Å². The van der Waals surface area contributed by atoms with E-state index in [4.69, 9.17) is 9.15 Å². The summed E-state index contributed by atoms with van der Waals surface area (Å²) in [6, 6.07) is 7.42. The predicted octanol–water partition coefficient (Wildman–Crippen LogP) is 2.65. The molecule has 1 saturated heterocycles. The van der Waals surface area contributed by atoms with Crippen LogP contribution in [0.2, 0.25) is 0 Å². The number of hydrogen-bond acceptors (Lipinski definition) is 4. The zero-order valence-corrected chi connectivity index (χ0v) is 11.8. The van der Waals surface area contributed by atoms with Gasteiger partial charge in [-0.25, -0.2) is 4.79 Å². The lowest BCUT2D eigenvalue weighted by Gasteiger charge is -2.08. The number of furan rings is 1. The van der Waals surface area contributed by atoms with E-state index in [-0.39, 0.29) is 5.76 Å². The molecule has 1 aliphatic rings. The molecule has 0 aliphatic carbocycles. The maximum atomic E-state index is 11.3. The zero-order valence-electron chi connectivity index (χ0n) is 11.8. The summed E-state index contributed by atoms with van der Waals surface area (Å²) >= 11 is 0. The number of carboxylic acids is 1. The Kier molecular flexibility index (Phi) is 4.22. The number of nitrogens with one attached hydrogen (secondary N) is 1. The molecule has 0 saturated carbocycles. The highest BCUT2D eigenvalue weighted by Crippen LogP contribution is 2.26. The van der Waals surface area contributed by atoms with Crippen LogP contribution in [0.1, 0.15) is 29.0 Å². The van der Waals surface area contributed by atoms with Gasteiger partial charge in [-0.05, 0) is 31.4 Å². The number of aromatic carboxylic acids is 1. The smallest absolute Gasteiger partial charge is 0.372 e. The number of carbonyl (C=O) groups is 1. The summed E-state index contributed by atoms with van der Waals surface area (Å²) in [5.41, 5.74) is 1.34. The first kappa shape index (κ1) is 14.1. The lowest BCUT2D eigenvalue weighted by molar-refractivity contribution is 0.0663. The summed E-state index contributed by atoms with van der Waals surface area (Å²) < 4.78 is 10.8. The second kappa shape index (κ2) is 6.28. The summed E-state index contributed by atoms with van der Waals surface area (Å²) in [6.45, 7) is 3.07. The van der Waals surface area contributed by atoms with Crippen LogP contribution in [0.25, 0.3) is 11.0 Å². The molecule has 5 heteroatoms. The van der Waals surface area contributed by atoms with E-state index in [2.05, 4.69) is 5.32 Å². The normalized spacial score (nSPS) is 18.4. The van der Waals surface area contributed by atoms with Gasteiger partial charge in [-0.3, -0.25) is 0 Å². The van der Waals surface area contributed by atoms with Crippen LogP contribution in [0.15, 0.2) is 28.7 Å². The van der Waals surface area contributed by atoms with Gasteiger partial charge in [0.15, 0.2) is 0 Å². The van der Waals surface area contributed by atoms with E-state index in [0.717, 1.165) is 43.5 Å². The van der Waals surface area contributed by atoms with Crippen molar-refractivity contribution in [3.8, 4) is 0 Å². The minimum absolute atomic E-state index is 0.0351. The predicted molar refractivity (Wildman–Crippen MR) is 78.4 cm³/mol. The van der Waals surface area contributed by atoms with Crippen molar-refractivity contribution in [2.24, 2.45) is 5.92 Å². The van der Waals surface area contributed by atoms with Crippen LogP contribution >= 0.6 is 0 Å². The van der Waals surface area contributed by atoms with E-state index in [1.807, 2.05) is 18.2 Å². The molecule has 1 aliphatic heterocycles. The van der Waals surface area contributed by atoms with Crippen LogP contribution in [0.3, 0.4) is 0 Å². The molecule has 1 aromatic carbocycles. The average Bonchev–Trinajstić information content (AvgIpc) is 3.11. The summed E-state index contributed by atoms with van der Waals surface area (Å²) in [6.07, 6.45) is 2.18. The van der Waals surface area contributed by atoms with Gasteiger partial charge in [-0.1, -0.05) is 18.2 Å². The highest BCUT2D eigenvalue weighted by atomic mass is 16.5. The van der Waals surface area contributed by atoms with E-state index in [1.54, 1.807) is 6.07 Å². The van der Waals surface area contributed by atoms with Crippen molar-refractivity contribution in [3.63, 3.8) is 0 Å². The van der Waals surface area contributed by atoms with Crippen LogP contribution in [0, 0.1) is 5.92 Å². The lowest BCUT2D eigenvalue weighted by atomic mass is 10.1. The maximum absolute atomic E-state index is 11.3.